The van der Waals surface area contributed by atoms with Crippen LogP contribution < -0.4 is 10.1 Å². The number of ether oxygens (including phenoxy) is 2. The number of esters is 1. The van der Waals surface area contributed by atoms with Crippen LogP contribution in [0.1, 0.15) is 11.7 Å². The molecule has 2 aromatic carbocycles. The number of anilines is 1. The molecule has 2 rings (SSSR count). The maximum Gasteiger partial charge on any atom is 0.340 e. The highest BCUT2D eigenvalue weighted by Crippen LogP contribution is 2.22. The molecule has 0 unspecified atom stereocenters. The molecule has 0 aromatic heterocycles. The van der Waals surface area contributed by atoms with Crippen molar-refractivity contribution in [3.63, 3.8) is 0 Å². The molecule has 0 spiro atoms. The molecule has 23 heavy (non-hydrogen) atoms. The quantitative estimate of drug-likeness (QED) is 0.795. The summed E-state index contributed by atoms with van der Waals surface area (Å²) in [6.07, 6.45) is -1.42. The van der Waals surface area contributed by atoms with Crippen LogP contribution in [0.3, 0.4) is 0 Å². The maximum absolute atomic E-state index is 11.8. The van der Waals surface area contributed by atoms with E-state index in [-0.39, 0.29) is 0 Å². The van der Waals surface area contributed by atoms with E-state index < -0.39 is 24.6 Å². The predicted octanol–water partition coefficient (Wildman–Crippen LogP) is 1.91. The van der Waals surface area contributed by atoms with Crippen LogP contribution in [0.4, 0.5) is 5.69 Å². The van der Waals surface area contributed by atoms with E-state index >= 15 is 0 Å². The van der Waals surface area contributed by atoms with Crippen molar-refractivity contribution in [3.8, 4) is 5.75 Å². The van der Waals surface area contributed by atoms with Gasteiger partial charge in [0.2, 0.25) is 0 Å². The Bertz CT molecular complexity index is 672. The van der Waals surface area contributed by atoms with E-state index in [2.05, 4.69) is 5.32 Å². The molecule has 6 heteroatoms. The monoisotopic (exact) mass is 315 g/mol. The van der Waals surface area contributed by atoms with Gasteiger partial charge in [-0.3, -0.25) is 4.79 Å². The molecule has 1 amide bonds. The van der Waals surface area contributed by atoms with Crippen molar-refractivity contribution < 1.29 is 24.2 Å². The van der Waals surface area contributed by atoms with Gasteiger partial charge in [-0.25, -0.2) is 4.79 Å². The predicted molar refractivity (Wildman–Crippen MR) is 84.0 cm³/mol. The Morgan fingerprint density at radius 2 is 1.74 bits per heavy atom. The average Bonchev–Trinajstić information content (AvgIpc) is 2.60. The Morgan fingerprint density at radius 1 is 1.09 bits per heavy atom. The summed E-state index contributed by atoms with van der Waals surface area (Å²) in [6.45, 7) is -0.499. The largest absolute Gasteiger partial charge is 0.495 e. The summed E-state index contributed by atoms with van der Waals surface area (Å²) in [6, 6.07) is 15.2. The number of para-hydroxylation sites is 2. The average molecular weight is 315 g/mol. The number of methoxy groups -OCH3 is 1. The van der Waals surface area contributed by atoms with Crippen LogP contribution in [0.2, 0.25) is 0 Å². The van der Waals surface area contributed by atoms with Crippen LogP contribution in [0.15, 0.2) is 54.6 Å². The lowest BCUT2D eigenvalue weighted by molar-refractivity contribution is -0.156. The number of carbonyl (C=O) groups excluding carboxylic acids is 2. The van der Waals surface area contributed by atoms with Crippen LogP contribution in [0, 0.1) is 0 Å². The number of rotatable bonds is 6. The summed E-state index contributed by atoms with van der Waals surface area (Å²) in [5.41, 5.74) is 0.877. The lowest BCUT2D eigenvalue weighted by Crippen LogP contribution is -2.24. The topological polar surface area (TPSA) is 84.9 Å². The van der Waals surface area contributed by atoms with E-state index in [1.807, 2.05) is 0 Å². The molecule has 2 aromatic rings. The van der Waals surface area contributed by atoms with Gasteiger partial charge in [-0.15, -0.1) is 0 Å². The van der Waals surface area contributed by atoms with E-state index in [0.717, 1.165) is 0 Å². The Balaban J connectivity index is 1.88. The molecule has 0 heterocycles. The minimum atomic E-state index is -1.42. The number of hydrogen-bond donors (Lipinski definition) is 2. The highest BCUT2D eigenvalue weighted by molar-refractivity contribution is 5.94. The first-order valence-electron chi connectivity index (χ1n) is 6.94. The number of aliphatic hydroxyl groups is 1. The third kappa shape index (κ3) is 4.55. The van der Waals surface area contributed by atoms with Crippen molar-refractivity contribution in [1.82, 2.24) is 0 Å². The van der Waals surface area contributed by atoms with Gasteiger partial charge in [0.25, 0.3) is 5.91 Å². The maximum atomic E-state index is 11.8. The second kappa shape index (κ2) is 7.95. The first kappa shape index (κ1) is 16.5. The summed E-state index contributed by atoms with van der Waals surface area (Å²) in [5, 5.41) is 12.4. The highest BCUT2D eigenvalue weighted by atomic mass is 16.5. The zero-order chi connectivity index (χ0) is 16.7. The zero-order valence-corrected chi connectivity index (χ0v) is 12.6. The Hall–Kier alpha value is -2.86. The van der Waals surface area contributed by atoms with E-state index in [4.69, 9.17) is 9.47 Å². The molecule has 1 atom stereocenters. The smallest absolute Gasteiger partial charge is 0.340 e. The molecule has 0 fully saturated rings. The van der Waals surface area contributed by atoms with Gasteiger partial charge in [0.05, 0.1) is 12.8 Å². The number of carbonyl (C=O) groups is 2. The third-order valence-electron chi connectivity index (χ3n) is 3.07. The molecule has 0 saturated carbocycles. The zero-order valence-electron chi connectivity index (χ0n) is 12.6. The lowest BCUT2D eigenvalue weighted by Gasteiger charge is -2.12. The highest BCUT2D eigenvalue weighted by Gasteiger charge is 2.20. The van der Waals surface area contributed by atoms with Gasteiger partial charge >= 0.3 is 5.97 Å². The molecule has 120 valence electrons. The van der Waals surface area contributed by atoms with Crippen molar-refractivity contribution in [2.24, 2.45) is 0 Å². The van der Waals surface area contributed by atoms with Crippen LogP contribution in [0.5, 0.6) is 5.75 Å². The van der Waals surface area contributed by atoms with Gasteiger partial charge in [-0.05, 0) is 17.7 Å². The molecule has 0 aliphatic rings. The molecule has 0 aliphatic heterocycles. The van der Waals surface area contributed by atoms with Crippen molar-refractivity contribution in [1.29, 1.82) is 0 Å². The van der Waals surface area contributed by atoms with Crippen molar-refractivity contribution in [2.75, 3.05) is 19.0 Å². The summed E-state index contributed by atoms with van der Waals surface area (Å²) in [4.78, 5) is 23.6. The summed E-state index contributed by atoms with van der Waals surface area (Å²) < 4.78 is 9.93. The fourth-order valence-corrected chi connectivity index (χ4v) is 1.92. The second-order valence-electron chi connectivity index (χ2n) is 4.67. The van der Waals surface area contributed by atoms with Gasteiger partial charge in [0.15, 0.2) is 12.7 Å². The fraction of sp³-hybridized carbons (Fsp3) is 0.176. The van der Waals surface area contributed by atoms with Crippen molar-refractivity contribution >= 4 is 17.6 Å². The number of hydrogen-bond acceptors (Lipinski definition) is 5. The number of nitrogens with one attached hydrogen (secondary N) is 1. The van der Waals surface area contributed by atoms with Gasteiger partial charge in [-0.2, -0.15) is 0 Å². The first-order chi connectivity index (χ1) is 11.1. The molecule has 6 nitrogen and oxygen atoms in total. The number of amides is 1. The Kier molecular flexibility index (Phi) is 5.71. The molecule has 2 N–H and O–H groups in total. The molecule has 0 aliphatic carbocycles. The van der Waals surface area contributed by atoms with E-state index in [1.54, 1.807) is 54.6 Å². The van der Waals surface area contributed by atoms with Crippen molar-refractivity contribution in [2.45, 2.75) is 6.10 Å². The SMILES string of the molecule is COc1ccccc1NC(=O)COC(=O)[C@H](O)c1ccccc1. The molecular formula is C17H17NO5. The standard InChI is InChI=1S/C17H17NO5/c1-22-14-10-6-5-9-13(14)18-15(19)11-23-17(21)16(20)12-7-3-2-4-8-12/h2-10,16,20H,11H2,1H3,(H,18,19)/t16-/m1/s1. The van der Waals surface area contributed by atoms with Gasteiger partial charge < -0.3 is 19.9 Å². The minimum absolute atomic E-state index is 0.405. The third-order valence-corrected chi connectivity index (χ3v) is 3.07. The lowest BCUT2D eigenvalue weighted by atomic mass is 10.1. The van der Waals surface area contributed by atoms with Gasteiger partial charge in [0.1, 0.15) is 5.75 Å². The number of benzene rings is 2. The van der Waals surface area contributed by atoms with E-state index in [1.165, 1.54) is 7.11 Å². The minimum Gasteiger partial charge on any atom is -0.495 e. The van der Waals surface area contributed by atoms with Crippen LogP contribution in [-0.2, 0) is 14.3 Å². The van der Waals surface area contributed by atoms with Crippen molar-refractivity contribution in [3.05, 3.63) is 60.2 Å². The van der Waals surface area contributed by atoms with Crippen LogP contribution >= 0.6 is 0 Å². The van der Waals surface area contributed by atoms with Crippen LogP contribution in [0.25, 0.3) is 0 Å². The van der Waals surface area contributed by atoms with Gasteiger partial charge in [0, 0.05) is 0 Å². The summed E-state index contributed by atoms with van der Waals surface area (Å²) in [7, 11) is 1.49. The molecule has 0 saturated heterocycles. The molecule has 0 bridgehead atoms. The molecule has 0 radical (unpaired) electrons. The number of aliphatic hydroxyl groups excluding tert-OH is 1. The normalized spacial score (nSPS) is 11.4. The Morgan fingerprint density at radius 3 is 2.43 bits per heavy atom. The van der Waals surface area contributed by atoms with Crippen LogP contribution in [-0.4, -0.2) is 30.7 Å². The fourth-order valence-electron chi connectivity index (χ4n) is 1.92. The first-order valence-corrected chi connectivity index (χ1v) is 6.94. The summed E-state index contributed by atoms with van der Waals surface area (Å²) >= 11 is 0. The van der Waals surface area contributed by atoms with E-state index in [9.17, 15) is 14.7 Å². The molecular weight excluding hydrogens is 298 g/mol. The second-order valence-corrected chi connectivity index (χ2v) is 4.67. The van der Waals surface area contributed by atoms with E-state index in [0.29, 0.717) is 17.0 Å². The van der Waals surface area contributed by atoms with Gasteiger partial charge in [-0.1, -0.05) is 42.5 Å². The Labute approximate surface area is 133 Å². The summed E-state index contributed by atoms with van der Waals surface area (Å²) in [5.74, 6) is -0.911.